The molecule has 1 rings (SSSR count). The molecule has 0 amide bonds. The van der Waals surface area contributed by atoms with Gasteiger partial charge in [0.25, 0.3) is 5.49 Å². The molecular weight excluding hydrogens is 206 g/mol. The van der Waals surface area contributed by atoms with Gasteiger partial charge in [-0.2, -0.15) is 0 Å². The number of nitro groups is 1. The first kappa shape index (κ1) is 10.8. The quantitative estimate of drug-likeness (QED) is 0.423. The Bertz CT molecular complexity index is 453. The van der Waals surface area contributed by atoms with Crippen LogP contribution in [-0.2, 0) is 0 Å². The van der Waals surface area contributed by atoms with Gasteiger partial charge in [-0.15, -0.1) is 0 Å². The molecule has 1 heterocycles. The number of aromatic nitrogens is 1. The van der Waals surface area contributed by atoms with Crippen LogP contribution in [0.1, 0.15) is 0 Å². The van der Waals surface area contributed by atoms with Gasteiger partial charge in [-0.1, -0.05) is 0 Å². The molecule has 0 radical (unpaired) electrons. The third kappa shape index (κ3) is 1.68. The Morgan fingerprint density at radius 2 is 2.00 bits per heavy atom. The van der Waals surface area contributed by atoms with Crippen LogP contribution in [0.5, 0.6) is 11.5 Å². The van der Waals surface area contributed by atoms with Gasteiger partial charge in [0.1, 0.15) is 0 Å². The van der Waals surface area contributed by atoms with Gasteiger partial charge < -0.3 is 24.8 Å². The molecule has 0 aromatic carbocycles. The van der Waals surface area contributed by atoms with Gasteiger partial charge in [0, 0.05) is 6.07 Å². The van der Waals surface area contributed by atoms with E-state index in [0.717, 1.165) is 6.07 Å². The summed E-state index contributed by atoms with van der Waals surface area (Å²) in [5, 5.41) is 27.2. The fourth-order valence-corrected chi connectivity index (χ4v) is 1.04. The lowest BCUT2D eigenvalue weighted by atomic mass is 10.4. The summed E-state index contributed by atoms with van der Waals surface area (Å²) < 4.78 is 9.53. The Kier molecular flexibility index (Phi) is 2.79. The number of hydrogen-bond donors (Lipinski definition) is 2. The van der Waals surface area contributed by atoms with E-state index in [2.05, 4.69) is 0 Å². The lowest BCUT2D eigenvalue weighted by Crippen LogP contribution is -2.22. The minimum absolute atomic E-state index is 0.0278. The molecule has 0 aliphatic rings. The fourth-order valence-electron chi connectivity index (χ4n) is 1.04. The molecule has 1 aromatic heterocycles. The zero-order valence-electron chi connectivity index (χ0n) is 8.05. The smallest absolute Gasteiger partial charge is 0.406 e. The standard InChI is InChI=1S/C7H9N3O5/c1-14-4-3-5(15-2)7(10(12)13)9(11)6(4)8/h3,8,11H,1-2H3. The number of ether oxygens (including phenoxy) is 2. The molecule has 8 heteroatoms. The summed E-state index contributed by atoms with van der Waals surface area (Å²) >= 11 is 0. The maximum Gasteiger partial charge on any atom is 0.406 e. The summed E-state index contributed by atoms with van der Waals surface area (Å²) in [5.74, 6) is -0.932. The van der Waals surface area contributed by atoms with Crippen molar-refractivity contribution in [2.75, 3.05) is 14.2 Å². The van der Waals surface area contributed by atoms with Crippen LogP contribution < -0.4 is 15.0 Å². The lowest BCUT2D eigenvalue weighted by molar-refractivity contribution is -0.398. The third-order valence-corrected chi connectivity index (χ3v) is 1.74. The van der Waals surface area contributed by atoms with E-state index < -0.39 is 16.2 Å². The van der Waals surface area contributed by atoms with Gasteiger partial charge in [0.15, 0.2) is 5.75 Å². The third-order valence-electron chi connectivity index (χ3n) is 1.74. The first-order chi connectivity index (χ1) is 7.02. The first-order valence-electron chi connectivity index (χ1n) is 3.79. The van der Waals surface area contributed by atoms with Crippen LogP contribution in [0.15, 0.2) is 6.07 Å². The molecule has 2 N–H and O–H groups in total. The normalized spacial score (nSPS) is 9.73. The average molecular weight is 215 g/mol. The Hall–Kier alpha value is -2.25. The Morgan fingerprint density at radius 1 is 1.47 bits per heavy atom. The van der Waals surface area contributed by atoms with Crippen molar-refractivity contribution in [3.8, 4) is 11.5 Å². The first-order valence-corrected chi connectivity index (χ1v) is 3.79. The van der Waals surface area contributed by atoms with Crippen molar-refractivity contribution < 1.29 is 19.6 Å². The van der Waals surface area contributed by atoms with Crippen LogP contribution in [0.2, 0.25) is 0 Å². The number of nitrogens with zero attached hydrogens (tertiary/aromatic N) is 2. The van der Waals surface area contributed by atoms with E-state index in [0.29, 0.717) is 0 Å². The molecule has 0 bridgehead atoms. The van der Waals surface area contributed by atoms with Gasteiger partial charge in [-0.05, 0) is 9.65 Å². The number of hydrogen-bond acceptors (Lipinski definition) is 6. The van der Waals surface area contributed by atoms with Crippen molar-refractivity contribution in [1.29, 1.82) is 5.41 Å². The zero-order valence-corrected chi connectivity index (χ0v) is 8.05. The van der Waals surface area contributed by atoms with Gasteiger partial charge in [0.05, 0.1) is 14.2 Å². The molecule has 0 spiro atoms. The summed E-state index contributed by atoms with van der Waals surface area (Å²) in [6.45, 7) is 0. The number of nitrogens with one attached hydrogen (secondary N) is 1. The average Bonchev–Trinajstić information content (AvgIpc) is 2.20. The molecular formula is C7H9N3O5. The van der Waals surface area contributed by atoms with E-state index in [-0.39, 0.29) is 16.2 Å². The minimum Gasteiger partial charge on any atom is -0.491 e. The number of methoxy groups -OCH3 is 2. The molecule has 0 saturated heterocycles. The van der Waals surface area contributed by atoms with Crippen molar-refractivity contribution in [3.63, 3.8) is 0 Å². The van der Waals surface area contributed by atoms with E-state index in [1.54, 1.807) is 0 Å². The molecule has 1 aromatic rings. The van der Waals surface area contributed by atoms with E-state index in [1.807, 2.05) is 0 Å². The van der Waals surface area contributed by atoms with Crippen LogP contribution in [0.25, 0.3) is 0 Å². The predicted octanol–water partition coefficient (Wildman–Crippen LogP) is 0.130. The van der Waals surface area contributed by atoms with Gasteiger partial charge in [0.2, 0.25) is 5.75 Å². The zero-order chi connectivity index (χ0) is 11.6. The minimum atomic E-state index is -0.851. The summed E-state index contributed by atoms with van der Waals surface area (Å²) in [7, 11) is 2.49. The van der Waals surface area contributed by atoms with Gasteiger partial charge in [-0.25, -0.2) is 0 Å². The maximum absolute atomic E-state index is 10.6. The van der Waals surface area contributed by atoms with Crippen molar-refractivity contribution >= 4 is 5.82 Å². The molecule has 0 fully saturated rings. The highest BCUT2D eigenvalue weighted by Gasteiger charge is 2.23. The highest BCUT2D eigenvalue weighted by Crippen LogP contribution is 2.26. The summed E-state index contributed by atoms with van der Waals surface area (Å²) in [5.41, 5.74) is -0.523. The van der Waals surface area contributed by atoms with Gasteiger partial charge >= 0.3 is 5.82 Å². The lowest BCUT2D eigenvalue weighted by Gasteiger charge is -2.06. The Balaban J connectivity index is 3.59. The maximum atomic E-state index is 10.6. The van der Waals surface area contributed by atoms with Crippen molar-refractivity contribution in [3.05, 3.63) is 21.7 Å². The van der Waals surface area contributed by atoms with Crippen molar-refractivity contribution in [2.45, 2.75) is 0 Å². The number of rotatable bonds is 3. The van der Waals surface area contributed by atoms with Crippen LogP contribution in [-0.4, -0.2) is 29.1 Å². The van der Waals surface area contributed by atoms with E-state index in [9.17, 15) is 15.3 Å². The van der Waals surface area contributed by atoms with Crippen molar-refractivity contribution in [1.82, 2.24) is 4.73 Å². The van der Waals surface area contributed by atoms with E-state index >= 15 is 0 Å². The largest absolute Gasteiger partial charge is 0.491 e. The molecule has 82 valence electrons. The predicted molar refractivity (Wildman–Crippen MR) is 47.2 cm³/mol. The monoisotopic (exact) mass is 215 g/mol. The molecule has 0 unspecified atom stereocenters. The summed E-state index contributed by atoms with van der Waals surface area (Å²) in [4.78, 5) is 9.72. The summed E-state index contributed by atoms with van der Waals surface area (Å²) in [6.07, 6.45) is 0. The second-order valence-corrected chi connectivity index (χ2v) is 2.52. The van der Waals surface area contributed by atoms with Crippen LogP contribution in [0, 0.1) is 15.5 Å². The van der Waals surface area contributed by atoms with E-state index in [1.165, 1.54) is 14.2 Å². The van der Waals surface area contributed by atoms with Gasteiger partial charge in [-0.3, -0.25) is 5.41 Å². The fraction of sp³-hybridized carbons (Fsp3) is 0.286. The molecule has 0 saturated carbocycles. The molecule has 0 aliphatic carbocycles. The second kappa shape index (κ2) is 3.86. The molecule has 0 aliphatic heterocycles. The highest BCUT2D eigenvalue weighted by atomic mass is 16.6. The van der Waals surface area contributed by atoms with E-state index in [4.69, 9.17) is 14.9 Å². The molecule has 8 nitrogen and oxygen atoms in total. The highest BCUT2D eigenvalue weighted by molar-refractivity contribution is 5.44. The number of pyridine rings is 1. The van der Waals surface area contributed by atoms with Crippen LogP contribution in [0.4, 0.5) is 5.82 Å². The Morgan fingerprint density at radius 3 is 2.40 bits per heavy atom. The molecule has 15 heavy (non-hydrogen) atoms. The SMILES string of the molecule is COc1cc(OC)c(=N)n(O)c1[N+](=O)[O-]. The topological polar surface area (TPSA) is 111 Å². The Labute approximate surface area is 83.9 Å². The summed E-state index contributed by atoms with van der Waals surface area (Å²) in [6, 6.07) is 1.16. The van der Waals surface area contributed by atoms with Crippen molar-refractivity contribution in [2.24, 2.45) is 0 Å². The van der Waals surface area contributed by atoms with Crippen LogP contribution >= 0.6 is 0 Å². The van der Waals surface area contributed by atoms with Crippen LogP contribution in [0.3, 0.4) is 0 Å². The second-order valence-electron chi connectivity index (χ2n) is 2.52. The molecule has 0 atom stereocenters.